The lowest BCUT2D eigenvalue weighted by molar-refractivity contribution is 0.108. The highest BCUT2D eigenvalue weighted by Crippen LogP contribution is 2.19. The molecular formula is C13H13BrCl2N4O. The molecule has 5 nitrogen and oxygen atoms in total. The number of hydrogen-bond donors (Lipinski definition) is 2. The second kappa shape index (κ2) is 8.17. The van der Waals surface area contributed by atoms with Crippen molar-refractivity contribution < 1.29 is 4.79 Å². The summed E-state index contributed by atoms with van der Waals surface area (Å²) in [5, 5.41) is 2.41. The van der Waals surface area contributed by atoms with Crippen molar-refractivity contribution in [1.82, 2.24) is 9.97 Å². The van der Waals surface area contributed by atoms with Crippen molar-refractivity contribution in [1.29, 1.82) is 0 Å². The van der Waals surface area contributed by atoms with Crippen LogP contribution >= 0.6 is 39.1 Å². The molecule has 2 aromatic heterocycles. The molecule has 2 aromatic rings. The SMILES string of the molecule is CNc1nc(C)ccc1N.O=C(Cl)c1cc(Br)cnc1Cl. The van der Waals surface area contributed by atoms with Gasteiger partial charge in [-0.25, -0.2) is 9.97 Å². The zero-order valence-electron chi connectivity index (χ0n) is 11.3. The molecule has 0 radical (unpaired) electrons. The van der Waals surface area contributed by atoms with Crippen molar-refractivity contribution in [2.75, 3.05) is 18.1 Å². The first-order valence-electron chi connectivity index (χ1n) is 5.77. The lowest BCUT2D eigenvalue weighted by Crippen LogP contribution is -1.99. The van der Waals surface area contributed by atoms with E-state index in [0.29, 0.717) is 10.2 Å². The van der Waals surface area contributed by atoms with E-state index in [0.717, 1.165) is 11.5 Å². The van der Waals surface area contributed by atoms with Gasteiger partial charge in [0, 0.05) is 23.4 Å². The Labute approximate surface area is 141 Å². The van der Waals surface area contributed by atoms with E-state index >= 15 is 0 Å². The van der Waals surface area contributed by atoms with Crippen molar-refractivity contribution in [3.63, 3.8) is 0 Å². The predicted molar refractivity (Wildman–Crippen MR) is 90.1 cm³/mol. The van der Waals surface area contributed by atoms with E-state index in [4.69, 9.17) is 28.9 Å². The zero-order chi connectivity index (χ0) is 16.0. The molecule has 2 heterocycles. The maximum absolute atomic E-state index is 10.6. The minimum absolute atomic E-state index is 0.119. The molecule has 0 unspecified atom stereocenters. The summed E-state index contributed by atoms with van der Waals surface area (Å²) in [7, 11) is 1.80. The number of pyridine rings is 2. The number of nitrogens with two attached hydrogens (primary N) is 1. The Morgan fingerprint density at radius 1 is 1.43 bits per heavy atom. The van der Waals surface area contributed by atoms with Crippen LogP contribution in [-0.2, 0) is 0 Å². The van der Waals surface area contributed by atoms with E-state index in [1.165, 1.54) is 12.3 Å². The number of nitrogen functional groups attached to an aromatic ring is 1. The molecule has 2 rings (SSSR count). The van der Waals surface area contributed by atoms with Crippen LogP contribution in [0.4, 0.5) is 11.5 Å². The van der Waals surface area contributed by atoms with Crippen LogP contribution in [0.1, 0.15) is 16.1 Å². The van der Waals surface area contributed by atoms with Gasteiger partial charge in [0.05, 0.1) is 11.3 Å². The Balaban J connectivity index is 0.000000211. The standard InChI is InChI=1S/C7H11N3.C6H2BrCl2NO/c1-5-3-4-6(8)7(9-2)10-5;7-3-1-4(6(9)11)5(8)10-2-3/h3-4H,8H2,1-2H3,(H,9,10);1-2H. The van der Waals surface area contributed by atoms with Crippen LogP contribution in [0, 0.1) is 6.92 Å². The number of rotatable bonds is 2. The van der Waals surface area contributed by atoms with Crippen molar-refractivity contribution >= 4 is 55.9 Å². The molecule has 0 amide bonds. The maximum Gasteiger partial charge on any atom is 0.255 e. The highest BCUT2D eigenvalue weighted by molar-refractivity contribution is 9.10. The number of carbonyl (C=O) groups excluding carboxylic acids is 1. The summed E-state index contributed by atoms with van der Waals surface area (Å²) >= 11 is 13.9. The Morgan fingerprint density at radius 2 is 2.10 bits per heavy atom. The molecule has 0 aliphatic carbocycles. The van der Waals surface area contributed by atoms with E-state index in [9.17, 15) is 4.79 Å². The fraction of sp³-hybridized carbons (Fsp3) is 0.154. The Morgan fingerprint density at radius 3 is 2.57 bits per heavy atom. The molecule has 0 aromatic carbocycles. The molecule has 0 bridgehead atoms. The average Bonchev–Trinajstić information content (AvgIpc) is 2.44. The largest absolute Gasteiger partial charge is 0.396 e. The Hall–Kier alpha value is -1.37. The van der Waals surface area contributed by atoms with Gasteiger partial charge in [-0.2, -0.15) is 0 Å². The molecule has 0 fully saturated rings. The summed E-state index contributed by atoms with van der Waals surface area (Å²) in [4.78, 5) is 18.5. The normalized spacial score (nSPS) is 9.57. The molecule has 8 heteroatoms. The molecule has 112 valence electrons. The molecule has 3 N–H and O–H groups in total. The molecule has 0 atom stereocenters. The molecule has 21 heavy (non-hydrogen) atoms. The van der Waals surface area contributed by atoms with Gasteiger partial charge in [-0.3, -0.25) is 4.79 Å². The van der Waals surface area contributed by atoms with Crippen LogP contribution < -0.4 is 11.1 Å². The van der Waals surface area contributed by atoms with Crippen molar-refractivity contribution in [3.05, 3.63) is 45.3 Å². The maximum atomic E-state index is 10.6. The number of hydrogen-bond acceptors (Lipinski definition) is 5. The molecule has 0 aliphatic rings. The van der Waals surface area contributed by atoms with Gasteiger partial charge in [-0.05, 0) is 52.7 Å². The highest BCUT2D eigenvalue weighted by Gasteiger charge is 2.08. The minimum Gasteiger partial charge on any atom is -0.396 e. The molecule has 0 saturated heterocycles. The third-order valence-electron chi connectivity index (χ3n) is 2.32. The van der Waals surface area contributed by atoms with E-state index in [2.05, 4.69) is 31.2 Å². The van der Waals surface area contributed by atoms with Crippen molar-refractivity contribution in [2.24, 2.45) is 0 Å². The van der Waals surface area contributed by atoms with Gasteiger partial charge in [-0.1, -0.05) is 11.6 Å². The van der Waals surface area contributed by atoms with E-state index in [-0.39, 0.29) is 10.7 Å². The molecule has 0 saturated carbocycles. The van der Waals surface area contributed by atoms with Crippen LogP contribution in [-0.4, -0.2) is 22.3 Å². The zero-order valence-corrected chi connectivity index (χ0v) is 14.4. The summed E-state index contributed by atoms with van der Waals surface area (Å²) in [6.07, 6.45) is 1.49. The monoisotopic (exact) mass is 390 g/mol. The predicted octanol–water partition coefficient (Wildman–Crippen LogP) is 3.89. The Bertz CT molecular complexity index is 652. The number of carbonyl (C=O) groups is 1. The number of aryl methyl sites for hydroxylation is 1. The first-order chi connectivity index (χ1) is 9.85. The van der Waals surface area contributed by atoms with Gasteiger partial charge >= 0.3 is 0 Å². The summed E-state index contributed by atoms with van der Waals surface area (Å²) in [6.45, 7) is 1.93. The van der Waals surface area contributed by atoms with Crippen LogP contribution in [0.25, 0.3) is 0 Å². The van der Waals surface area contributed by atoms with Crippen LogP contribution in [0.5, 0.6) is 0 Å². The van der Waals surface area contributed by atoms with E-state index in [1.54, 1.807) is 7.05 Å². The third kappa shape index (κ3) is 5.49. The number of nitrogens with zero attached hydrogens (tertiary/aromatic N) is 2. The second-order valence-corrected chi connectivity index (χ2v) is 5.52. The van der Waals surface area contributed by atoms with E-state index in [1.807, 2.05) is 19.1 Å². The molecule has 0 spiro atoms. The van der Waals surface area contributed by atoms with Gasteiger partial charge in [-0.15, -0.1) is 0 Å². The average molecular weight is 392 g/mol. The van der Waals surface area contributed by atoms with Crippen molar-refractivity contribution in [2.45, 2.75) is 6.92 Å². The lowest BCUT2D eigenvalue weighted by Gasteiger charge is -2.02. The summed E-state index contributed by atoms with van der Waals surface area (Å²) in [5.41, 5.74) is 7.44. The van der Waals surface area contributed by atoms with Crippen LogP contribution in [0.3, 0.4) is 0 Å². The summed E-state index contributed by atoms with van der Waals surface area (Å²) in [6, 6.07) is 5.25. The first kappa shape index (κ1) is 17.7. The van der Waals surface area contributed by atoms with E-state index < -0.39 is 5.24 Å². The fourth-order valence-electron chi connectivity index (χ4n) is 1.33. The number of halogens is 3. The van der Waals surface area contributed by atoms with Gasteiger partial charge < -0.3 is 11.1 Å². The quantitative estimate of drug-likeness (QED) is 0.599. The van der Waals surface area contributed by atoms with Crippen LogP contribution in [0.15, 0.2) is 28.9 Å². The minimum atomic E-state index is -0.608. The summed E-state index contributed by atoms with van der Waals surface area (Å²) < 4.78 is 0.672. The summed E-state index contributed by atoms with van der Waals surface area (Å²) in [5.74, 6) is 0.750. The highest BCUT2D eigenvalue weighted by atomic mass is 79.9. The fourth-order valence-corrected chi connectivity index (χ4v) is 2.04. The lowest BCUT2D eigenvalue weighted by atomic mass is 10.3. The molecule has 0 aliphatic heterocycles. The van der Waals surface area contributed by atoms with Gasteiger partial charge in [0.1, 0.15) is 11.0 Å². The Kier molecular flexibility index (Phi) is 6.87. The van der Waals surface area contributed by atoms with Gasteiger partial charge in [0.2, 0.25) is 0 Å². The second-order valence-electron chi connectivity index (χ2n) is 3.91. The van der Waals surface area contributed by atoms with Gasteiger partial charge in [0.15, 0.2) is 0 Å². The smallest absolute Gasteiger partial charge is 0.255 e. The number of anilines is 2. The van der Waals surface area contributed by atoms with Gasteiger partial charge in [0.25, 0.3) is 5.24 Å². The van der Waals surface area contributed by atoms with Crippen LogP contribution in [0.2, 0.25) is 5.15 Å². The number of nitrogens with one attached hydrogen (secondary N) is 1. The number of aromatic nitrogens is 2. The van der Waals surface area contributed by atoms with Crippen molar-refractivity contribution in [3.8, 4) is 0 Å². The third-order valence-corrected chi connectivity index (χ3v) is 3.26. The topological polar surface area (TPSA) is 80.9 Å². The first-order valence-corrected chi connectivity index (χ1v) is 7.31. The molecular weight excluding hydrogens is 379 g/mol.